The summed E-state index contributed by atoms with van der Waals surface area (Å²) in [6, 6.07) is 0. The first kappa shape index (κ1) is 13.4. The molecule has 2 fully saturated rings. The standard InChI is InChI=1S/C15H25NO2/c1-15(2,3)18-14(17)16-10-9-13(11-16)12-7-5-4-6-8-12/h4-11H2,1-3H3. The van der Waals surface area contributed by atoms with E-state index in [2.05, 4.69) is 0 Å². The maximum Gasteiger partial charge on any atom is 0.410 e. The summed E-state index contributed by atoms with van der Waals surface area (Å²) in [7, 11) is 0. The number of likely N-dealkylation sites (tertiary alicyclic amines) is 1. The van der Waals surface area contributed by atoms with Gasteiger partial charge in [-0.3, -0.25) is 0 Å². The van der Waals surface area contributed by atoms with Gasteiger partial charge in [0, 0.05) is 13.1 Å². The first-order chi connectivity index (χ1) is 8.46. The third kappa shape index (κ3) is 3.50. The van der Waals surface area contributed by atoms with Crippen molar-refractivity contribution in [1.82, 2.24) is 4.90 Å². The van der Waals surface area contributed by atoms with Crippen molar-refractivity contribution in [1.29, 1.82) is 0 Å². The molecule has 2 rings (SSSR count). The Morgan fingerprint density at radius 3 is 2.33 bits per heavy atom. The SMILES string of the molecule is CC(C)(C)OC(=O)N1CCC(=C2CCCCC2)C1. The molecular weight excluding hydrogens is 226 g/mol. The van der Waals surface area contributed by atoms with E-state index in [4.69, 9.17) is 4.74 Å². The molecule has 0 N–H and O–H groups in total. The average molecular weight is 251 g/mol. The topological polar surface area (TPSA) is 29.5 Å². The van der Waals surface area contributed by atoms with Crippen LogP contribution in [-0.4, -0.2) is 29.7 Å². The van der Waals surface area contributed by atoms with E-state index < -0.39 is 5.60 Å². The number of carbonyl (C=O) groups is 1. The Balaban J connectivity index is 1.93. The van der Waals surface area contributed by atoms with Crippen molar-refractivity contribution >= 4 is 6.09 Å². The number of rotatable bonds is 0. The number of hydrogen-bond acceptors (Lipinski definition) is 2. The number of allylic oxidation sites excluding steroid dienone is 1. The normalized spacial score (nSPS) is 21.4. The summed E-state index contributed by atoms with van der Waals surface area (Å²) < 4.78 is 5.42. The van der Waals surface area contributed by atoms with Crippen LogP contribution in [0.15, 0.2) is 11.1 Å². The van der Waals surface area contributed by atoms with E-state index in [0.29, 0.717) is 0 Å². The lowest BCUT2D eigenvalue weighted by atomic mass is 9.91. The second kappa shape index (κ2) is 5.33. The summed E-state index contributed by atoms with van der Waals surface area (Å²) in [6.45, 7) is 7.38. The zero-order valence-corrected chi connectivity index (χ0v) is 11.9. The van der Waals surface area contributed by atoms with Gasteiger partial charge in [-0.05, 0) is 58.4 Å². The van der Waals surface area contributed by atoms with Crippen LogP contribution < -0.4 is 0 Å². The molecule has 3 heteroatoms. The maximum absolute atomic E-state index is 12.0. The lowest BCUT2D eigenvalue weighted by Crippen LogP contribution is -2.34. The molecule has 1 aliphatic heterocycles. The fourth-order valence-corrected chi connectivity index (χ4v) is 2.76. The molecule has 1 heterocycles. The molecule has 1 amide bonds. The Kier molecular flexibility index (Phi) is 3.98. The van der Waals surface area contributed by atoms with Crippen LogP contribution in [0.1, 0.15) is 59.3 Å². The Morgan fingerprint density at radius 1 is 1.06 bits per heavy atom. The lowest BCUT2D eigenvalue weighted by Gasteiger charge is -2.24. The first-order valence-corrected chi connectivity index (χ1v) is 7.13. The zero-order valence-electron chi connectivity index (χ0n) is 11.9. The molecule has 1 saturated carbocycles. The minimum Gasteiger partial charge on any atom is -0.444 e. The van der Waals surface area contributed by atoms with Gasteiger partial charge in [-0.25, -0.2) is 4.79 Å². The van der Waals surface area contributed by atoms with E-state index in [0.717, 1.165) is 19.5 Å². The third-order valence-corrected chi connectivity index (χ3v) is 3.67. The third-order valence-electron chi connectivity index (χ3n) is 3.67. The molecule has 0 atom stereocenters. The molecule has 102 valence electrons. The number of nitrogens with zero attached hydrogens (tertiary/aromatic N) is 1. The molecule has 0 bridgehead atoms. The van der Waals surface area contributed by atoms with Crippen LogP contribution in [0.2, 0.25) is 0 Å². The number of carbonyl (C=O) groups excluding carboxylic acids is 1. The summed E-state index contributed by atoms with van der Waals surface area (Å²) in [6.07, 6.45) is 7.40. The zero-order chi connectivity index (χ0) is 13.2. The van der Waals surface area contributed by atoms with E-state index in [1.807, 2.05) is 25.7 Å². The molecule has 18 heavy (non-hydrogen) atoms. The molecule has 0 aromatic rings. The molecule has 0 aromatic heterocycles. The molecule has 0 spiro atoms. The van der Waals surface area contributed by atoms with Crippen LogP contribution in [0, 0.1) is 0 Å². The van der Waals surface area contributed by atoms with E-state index in [-0.39, 0.29) is 6.09 Å². The van der Waals surface area contributed by atoms with Gasteiger partial charge in [0.1, 0.15) is 5.60 Å². The van der Waals surface area contributed by atoms with Crippen LogP contribution in [-0.2, 0) is 4.74 Å². The molecule has 2 aliphatic rings. The van der Waals surface area contributed by atoms with Crippen LogP contribution in [0.25, 0.3) is 0 Å². The predicted octanol–water partition coefficient (Wildman–Crippen LogP) is 3.89. The van der Waals surface area contributed by atoms with Crippen LogP contribution in [0.5, 0.6) is 0 Å². The van der Waals surface area contributed by atoms with Crippen LogP contribution in [0.4, 0.5) is 4.79 Å². The van der Waals surface area contributed by atoms with Gasteiger partial charge >= 0.3 is 6.09 Å². The second-order valence-corrected chi connectivity index (χ2v) is 6.42. The maximum atomic E-state index is 12.0. The Labute approximate surface area is 110 Å². The molecular formula is C15H25NO2. The first-order valence-electron chi connectivity index (χ1n) is 7.13. The van der Waals surface area contributed by atoms with Gasteiger partial charge in [0.25, 0.3) is 0 Å². The number of amides is 1. The molecule has 1 aliphatic carbocycles. The second-order valence-electron chi connectivity index (χ2n) is 6.42. The van der Waals surface area contributed by atoms with Gasteiger partial charge < -0.3 is 9.64 Å². The Morgan fingerprint density at radius 2 is 1.72 bits per heavy atom. The van der Waals surface area contributed by atoms with Crippen molar-refractivity contribution in [2.45, 2.75) is 64.9 Å². The van der Waals surface area contributed by atoms with Crippen molar-refractivity contribution in [3.05, 3.63) is 11.1 Å². The van der Waals surface area contributed by atoms with E-state index >= 15 is 0 Å². The highest BCUT2D eigenvalue weighted by molar-refractivity contribution is 5.69. The number of hydrogen-bond donors (Lipinski definition) is 0. The van der Waals surface area contributed by atoms with Gasteiger partial charge in [-0.2, -0.15) is 0 Å². The average Bonchev–Trinajstić information content (AvgIpc) is 2.77. The largest absolute Gasteiger partial charge is 0.444 e. The van der Waals surface area contributed by atoms with Gasteiger partial charge in [0.15, 0.2) is 0 Å². The minimum absolute atomic E-state index is 0.158. The summed E-state index contributed by atoms with van der Waals surface area (Å²) in [5.74, 6) is 0. The Bertz CT molecular complexity index is 344. The highest BCUT2D eigenvalue weighted by Gasteiger charge is 2.28. The quantitative estimate of drug-likeness (QED) is 0.611. The van der Waals surface area contributed by atoms with Crippen molar-refractivity contribution < 1.29 is 9.53 Å². The van der Waals surface area contributed by atoms with Crippen molar-refractivity contribution in [3.63, 3.8) is 0 Å². The Hall–Kier alpha value is -0.990. The predicted molar refractivity (Wildman–Crippen MR) is 72.5 cm³/mol. The summed E-state index contributed by atoms with van der Waals surface area (Å²) >= 11 is 0. The fraction of sp³-hybridized carbons (Fsp3) is 0.800. The molecule has 0 radical (unpaired) electrons. The smallest absolute Gasteiger partial charge is 0.410 e. The number of ether oxygens (including phenoxy) is 1. The summed E-state index contributed by atoms with van der Waals surface area (Å²) in [5.41, 5.74) is 2.73. The van der Waals surface area contributed by atoms with Gasteiger partial charge in [-0.15, -0.1) is 0 Å². The molecule has 1 saturated heterocycles. The van der Waals surface area contributed by atoms with Crippen molar-refractivity contribution in [3.8, 4) is 0 Å². The minimum atomic E-state index is -0.391. The summed E-state index contributed by atoms with van der Waals surface area (Å²) in [4.78, 5) is 13.8. The lowest BCUT2D eigenvalue weighted by molar-refractivity contribution is 0.0299. The van der Waals surface area contributed by atoms with Crippen LogP contribution >= 0.6 is 0 Å². The summed E-state index contributed by atoms with van der Waals surface area (Å²) in [5, 5.41) is 0. The van der Waals surface area contributed by atoms with E-state index in [1.54, 1.807) is 5.57 Å². The molecule has 3 nitrogen and oxygen atoms in total. The van der Waals surface area contributed by atoms with Crippen molar-refractivity contribution in [2.24, 2.45) is 0 Å². The monoisotopic (exact) mass is 251 g/mol. The fourth-order valence-electron chi connectivity index (χ4n) is 2.76. The highest BCUT2D eigenvalue weighted by atomic mass is 16.6. The van der Waals surface area contributed by atoms with Gasteiger partial charge in [-0.1, -0.05) is 12.0 Å². The highest BCUT2D eigenvalue weighted by Crippen LogP contribution is 2.30. The van der Waals surface area contributed by atoms with Crippen LogP contribution in [0.3, 0.4) is 0 Å². The molecule has 0 aromatic carbocycles. The van der Waals surface area contributed by atoms with E-state index in [9.17, 15) is 4.79 Å². The van der Waals surface area contributed by atoms with Gasteiger partial charge in [0.05, 0.1) is 0 Å². The van der Waals surface area contributed by atoms with E-state index in [1.165, 1.54) is 37.7 Å². The molecule has 0 unspecified atom stereocenters. The van der Waals surface area contributed by atoms with Gasteiger partial charge in [0.2, 0.25) is 0 Å². The van der Waals surface area contributed by atoms with Crippen molar-refractivity contribution in [2.75, 3.05) is 13.1 Å².